The van der Waals surface area contributed by atoms with Gasteiger partial charge in [-0.3, -0.25) is 9.59 Å². The van der Waals surface area contributed by atoms with E-state index in [1.165, 1.54) is 36.2 Å². The molecule has 0 radical (unpaired) electrons. The molecule has 10 heteroatoms. The summed E-state index contributed by atoms with van der Waals surface area (Å²) >= 11 is 2.81. The highest BCUT2D eigenvalue weighted by Gasteiger charge is 2.29. The second kappa shape index (κ2) is 9.42. The summed E-state index contributed by atoms with van der Waals surface area (Å²) < 4.78 is 6.42. The van der Waals surface area contributed by atoms with Gasteiger partial charge in [0.1, 0.15) is 5.25 Å². The quantitative estimate of drug-likeness (QED) is 0.517. The number of carbonyl (C=O) groups excluding carboxylic acids is 2. The first-order chi connectivity index (χ1) is 13.5. The van der Waals surface area contributed by atoms with Crippen molar-refractivity contribution in [1.29, 1.82) is 0 Å². The Kier molecular flexibility index (Phi) is 6.95. The molecule has 0 bridgehead atoms. The van der Waals surface area contributed by atoms with Crippen LogP contribution in [-0.2, 0) is 14.3 Å². The number of hydrogen-bond acceptors (Lipinski definition) is 8. The van der Waals surface area contributed by atoms with Crippen LogP contribution in [0, 0.1) is 0 Å². The van der Waals surface area contributed by atoms with Crippen LogP contribution in [-0.4, -0.2) is 73.9 Å². The summed E-state index contributed by atoms with van der Waals surface area (Å²) in [5, 5.41) is 12.1. The Balaban J connectivity index is 1.62. The number of nitrogens with zero attached hydrogens (tertiary/aromatic N) is 5. The summed E-state index contributed by atoms with van der Waals surface area (Å²) in [6.45, 7) is 5.28. The number of carbonyl (C=O) groups is 2. The third kappa shape index (κ3) is 4.85. The molecule has 2 aromatic rings. The molecule has 1 aliphatic rings. The van der Waals surface area contributed by atoms with Crippen LogP contribution in [0.5, 0.6) is 0 Å². The summed E-state index contributed by atoms with van der Waals surface area (Å²) in [6.07, 6.45) is 0. The molecule has 0 N–H and O–H groups in total. The molecular formula is C18H23N5O3S2. The standard InChI is InChI=1S/C18H23N5O3S2/c1-12(2)13-4-6-14(7-5-13)23-18(19-20-21-23)28-11-16(24)22-8-9-27-15(10-22)17(25)26-3/h4-7,12,15H,8-11H2,1-3H3/t15-/m1/s1. The number of amides is 1. The fourth-order valence-electron chi connectivity index (χ4n) is 2.80. The Morgan fingerprint density at radius 2 is 2.07 bits per heavy atom. The number of ether oxygens (including phenoxy) is 1. The Morgan fingerprint density at radius 3 is 2.75 bits per heavy atom. The van der Waals surface area contributed by atoms with Crippen molar-refractivity contribution in [3.8, 4) is 5.69 Å². The fraction of sp³-hybridized carbons (Fsp3) is 0.500. The maximum absolute atomic E-state index is 12.6. The topological polar surface area (TPSA) is 90.2 Å². The summed E-state index contributed by atoms with van der Waals surface area (Å²) in [7, 11) is 1.37. The smallest absolute Gasteiger partial charge is 0.320 e. The van der Waals surface area contributed by atoms with Crippen molar-refractivity contribution < 1.29 is 14.3 Å². The zero-order chi connectivity index (χ0) is 20.1. The van der Waals surface area contributed by atoms with E-state index in [0.29, 0.717) is 24.2 Å². The van der Waals surface area contributed by atoms with Gasteiger partial charge in [0.2, 0.25) is 11.1 Å². The molecule has 1 atom stereocenters. The molecule has 1 aliphatic heterocycles. The number of methoxy groups -OCH3 is 1. The lowest BCUT2D eigenvalue weighted by molar-refractivity contribution is -0.141. The number of aromatic nitrogens is 4. The van der Waals surface area contributed by atoms with Crippen LogP contribution in [0.3, 0.4) is 0 Å². The second-order valence-corrected chi connectivity index (χ2v) is 8.88. The summed E-state index contributed by atoms with van der Waals surface area (Å²) in [5.41, 5.74) is 2.09. The van der Waals surface area contributed by atoms with Gasteiger partial charge in [0.15, 0.2) is 0 Å². The third-order valence-electron chi connectivity index (χ3n) is 4.45. The van der Waals surface area contributed by atoms with Crippen molar-refractivity contribution in [2.45, 2.75) is 30.2 Å². The van der Waals surface area contributed by atoms with Gasteiger partial charge in [-0.15, -0.1) is 16.9 Å². The largest absolute Gasteiger partial charge is 0.468 e. The highest BCUT2D eigenvalue weighted by Crippen LogP contribution is 2.23. The van der Waals surface area contributed by atoms with Gasteiger partial charge in [-0.25, -0.2) is 0 Å². The molecule has 3 rings (SSSR count). The van der Waals surface area contributed by atoms with Gasteiger partial charge in [0.25, 0.3) is 0 Å². The van der Waals surface area contributed by atoms with E-state index >= 15 is 0 Å². The number of tetrazole rings is 1. The molecule has 0 aliphatic carbocycles. The molecule has 1 aromatic carbocycles. The summed E-state index contributed by atoms with van der Waals surface area (Å²) in [4.78, 5) is 26.0. The van der Waals surface area contributed by atoms with Crippen LogP contribution < -0.4 is 0 Å². The van der Waals surface area contributed by atoms with Crippen molar-refractivity contribution in [2.75, 3.05) is 31.7 Å². The second-order valence-electron chi connectivity index (χ2n) is 6.63. The maximum Gasteiger partial charge on any atom is 0.320 e. The van der Waals surface area contributed by atoms with Crippen LogP contribution in [0.2, 0.25) is 0 Å². The van der Waals surface area contributed by atoms with Crippen LogP contribution in [0.15, 0.2) is 29.4 Å². The molecule has 0 saturated carbocycles. The molecule has 28 heavy (non-hydrogen) atoms. The number of benzene rings is 1. The van der Waals surface area contributed by atoms with E-state index in [4.69, 9.17) is 4.74 Å². The average Bonchev–Trinajstić information content (AvgIpc) is 3.20. The Hall–Kier alpha value is -2.07. The van der Waals surface area contributed by atoms with Gasteiger partial charge in [0, 0.05) is 18.8 Å². The van der Waals surface area contributed by atoms with Crippen molar-refractivity contribution in [3.63, 3.8) is 0 Å². The maximum atomic E-state index is 12.6. The molecule has 8 nitrogen and oxygen atoms in total. The number of thioether (sulfide) groups is 2. The van der Waals surface area contributed by atoms with Crippen molar-refractivity contribution in [1.82, 2.24) is 25.1 Å². The fourth-order valence-corrected chi connectivity index (χ4v) is 4.72. The molecule has 1 aromatic heterocycles. The van der Waals surface area contributed by atoms with Gasteiger partial charge in [0.05, 0.1) is 18.6 Å². The van der Waals surface area contributed by atoms with Crippen LogP contribution in [0.1, 0.15) is 25.3 Å². The predicted octanol–water partition coefficient (Wildman–Crippen LogP) is 1.99. The van der Waals surface area contributed by atoms with E-state index in [1.54, 1.807) is 9.58 Å². The van der Waals surface area contributed by atoms with E-state index in [9.17, 15) is 9.59 Å². The number of rotatable bonds is 6. The predicted molar refractivity (Wildman–Crippen MR) is 109 cm³/mol. The van der Waals surface area contributed by atoms with Gasteiger partial charge in [-0.05, 0) is 34.0 Å². The molecule has 2 heterocycles. The van der Waals surface area contributed by atoms with Crippen molar-refractivity contribution in [2.24, 2.45) is 0 Å². The first-order valence-electron chi connectivity index (χ1n) is 8.98. The molecule has 1 fully saturated rings. The Bertz CT molecular complexity index is 825. The van der Waals surface area contributed by atoms with Crippen LogP contribution in [0.4, 0.5) is 0 Å². The van der Waals surface area contributed by atoms with E-state index in [1.807, 2.05) is 12.1 Å². The monoisotopic (exact) mass is 421 g/mol. The van der Waals surface area contributed by atoms with Crippen LogP contribution >= 0.6 is 23.5 Å². The minimum Gasteiger partial charge on any atom is -0.468 e. The van der Waals surface area contributed by atoms with E-state index < -0.39 is 0 Å². The third-order valence-corrected chi connectivity index (χ3v) is 6.52. The zero-order valence-electron chi connectivity index (χ0n) is 16.1. The molecule has 0 spiro atoms. The van der Waals surface area contributed by atoms with Gasteiger partial charge >= 0.3 is 5.97 Å². The molecule has 1 amide bonds. The summed E-state index contributed by atoms with van der Waals surface area (Å²) in [6, 6.07) is 8.06. The van der Waals surface area contributed by atoms with E-state index in [-0.39, 0.29) is 22.9 Å². The first-order valence-corrected chi connectivity index (χ1v) is 11.0. The highest BCUT2D eigenvalue weighted by atomic mass is 32.2. The average molecular weight is 422 g/mol. The Labute approximate surface area is 172 Å². The number of hydrogen-bond donors (Lipinski definition) is 0. The number of esters is 1. The lowest BCUT2D eigenvalue weighted by atomic mass is 10.0. The van der Waals surface area contributed by atoms with Gasteiger partial charge < -0.3 is 9.64 Å². The molecular weight excluding hydrogens is 398 g/mol. The summed E-state index contributed by atoms with van der Waals surface area (Å²) in [5.74, 6) is 1.05. The van der Waals surface area contributed by atoms with Crippen molar-refractivity contribution in [3.05, 3.63) is 29.8 Å². The molecule has 1 saturated heterocycles. The van der Waals surface area contributed by atoms with E-state index in [2.05, 4.69) is 41.5 Å². The minimum atomic E-state index is -0.322. The SMILES string of the molecule is COC(=O)[C@H]1CN(C(=O)CSc2nnnn2-c2ccc(C(C)C)cc2)CCS1. The highest BCUT2D eigenvalue weighted by molar-refractivity contribution is 8.00. The first kappa shape index (κ1) is 20.7. The van der Waals surface area contributed by atoms with E-state index in [0.717, 1.165) is 11.4 Å². The Morgan fingerprint density at radius 1 is 1.32 bits per heavy atom. The van der Waals surface area contributed by atoms with Crippen LogP contribution in [0.25, 0.3) is 5.69 Å². The zero-order valence-corrected chi connectivity index (χ0v) is 17.7. The van der Waals surface area contributed by atoms with Crippen molar-refractivity contribution >= 4 is 35.4 Å². The molecule has 0 unspecified atom stereocenters. The normalized spacial score (nSPS) is 17.0. The lowest BCUT2D eigenvalue weighted by Gasteiger charge is -2.30. The minimum absolute atomic E-state index is 0.0380. The molecule has 150 valence electrons. The lowest BCUT2D eigenvalue weighted by Crippen LogP contribution is -2.45. The van der Waals surface area contributed by atoms with Gasteiger partial charge in [-0.1, -0.05) is 37.7 Å². The van der Waals surface area contributed by atoms with Gasteiger partial charge in [-0.2, -0.15) is 4.68 Å².